The highest BCUT2D eigenvalue weighted by Gasteiger charge is 2.14. The zero-order chi connectivity index (χ0) is 21.1. The van der Waals surface area contributed by atoms with Crippen molar-refractivity contribution in [3.8, 4) is 17.2 Å². The van der Waals surface area contributed by atoms with Crippen molar-refractivity contribution in [3.63, 3.8) is 0 Å². The molecule has 0 radical (unpaired) electrons. The molecule has 0 amide bonds. The van der Waals surface area contributed by atoms with Gasteiger partial charge in [-0.15, -0.1) is 10.2 Å². The summed E-state index contributed by atoms with van der Waals surface area (Å²) in [7, 11) is 1.62. The Morgan fingerprint density at radius 3 is 2.70 bits per heavy atom. The highest BCUT2D eigenvalue weighted by molar-refractivity contribution is 9.10. The van der Waals surface area contributed by atoms with Crippen LogP contribution < -0.4 is 10.3 Å². The smallest absolute Gasteiger partial charge is 0.262 e. The molecule has 0 spiro atoms. The number of aromatic nitrogens is 4. The fourth-order valence-electron chi connectivity index (χ4n) is 2.99. The molecule has 7 nitrogen and oxygen atoms in total. The first kappa shape index (κ1) is 20.6. The van der Waals surface area contributed by atoms with Crippen molar-refractivity contribution in [1.82, 2.24) is 19.7 Å². The monoisotopic (exact) mass is 486 g/mol. The maximum Gasteiger partial charge on any atom is 0.262 e. The van der Waals surface area contributed by atoms with E-state index in [9.17, 15) is 4.79 Å². The molecule has 30 heavy (non-hydrogen) atoms. The summed E-state index contributed by atoms with van der Waals surface area (Å²) in [5.74, 6) is 2.09. The van der Waals surface area contributed by atoms with E-state index in [2.05, 4.69) is 26.1 Å². The number of ether oxygens (including phenoxy) is 1. The third-order valence-corrected chi connectivity index (χ3v) is 5.91. The van der Waals surface area contributed by atoms with Crippen LogP contribution in [0.4, 0.5) is 0 Å². The van der Waals surface area contributed by atoms with Gasteiger partial charge in [0.25, 0.3) is 5.56 Å². The SMILES string of the molecule is CCCn1c(SCc2nnc(-c3ccc(OC)cc3)o2)nc2ccc(Br)cc2c1=O. The minimum atomic E-state index is -0.0462. The summed E-state index contributed by atoms with van der Waals surface area (Å²) in [6.07, 6.45) is 0.830. The van der Waals surface area contributed by atoms with Gasteiger partial charge in [-0.25, -0.2) is 4.98 Å². The van der Waals surface area contributed by atoms with E-state index in [1.54, 1.807) is 11.7 Å². The number of thioether (sulfide) groups is 1. The average Bonchev–Trinajstić information content (AvgIpc) is 3.24. The molecule has 4 aromatic rings. The molecule has 0 aliphatic carbocycles. The molecule has 9 heteroatoms. The number of benzene rings is 2. The van der Waals surface area contributed by atoms with Crippen molar-refractivity contribution in [1.29, 1.82) is 0 Å². The van der Waals surface area contributed by atoms with Gasteiger partial charge in [0.2, 0.25) is 11.8 Å². The number of halogens is 1. The Labute approximate surface area is 185 Å². The summed E-state index contributed by atoms with van der Waals surface area (Å²) in [5, 5.41) is 9.50. The summed E-state index contributed by atoms with van der Waals surface area (Å²) >= 11 is 4.84. The molecular formula is C21H19BrN4O3S. The lowest BCUT2D eigenvalue weighted by molar-refractivity contribution is 0.415. The summed E-state index contributed by atoms with van der Waals surface area (Å²) in [4.78, 5) is 17.7. The largest absolute Gasteiger partial charge is 0.497 e. The van der Waals surface area contributed by atoms with Crippen LogP contribution in [0.15, 0.2) is 61.3 Å². The van der Waals surface area contributed by atoms with E-state index >= 15 is 0 Å². The first-order valence-corrected chi connectivity index (χ1v) is 11.2. The van der Waals surface area contributed by atoms with E-state index in [0.29, 0.717) is 40.1 Å². The molecule has 2 heterocycles. The molecule has 0 saturated heterocycles. The first-order valence-electron chi connectivity index (χ1n) is 9.38. The first-order chi connectivity index (χ1) is 14.6. The van der Waals surface area contributed by atoms with Crippen LogP contribution in [0, 0.1) is 0 Å². The van der Waals surface area contributed by atoms with Gasteiger partial charge in [0.1, 0.15) is 5.75 Å². The van der Waals surface area contributed by atoms with Crippen LogP contribution >= 0.6 is 27.7 Å². The lowest BCUT2D eigenvalue weighted by Gasteiger charge is -2.11. The predicted octanol–water partition coefficient (Wildman–Crippen LogP) is 4.92. The summed E-state index contributed by atoms with van der Waals surface area (Å²) in [6, 6.07) is 13.0. The Hall–Kier alpha value is -2.65. The molecule has 2 aromatic heterocycles. The van der Waals surface area contributed by atoms with Crippen LogP contribution in [0.5, 0.6) is 5.75 Å². The van der Waals surface area contributed by atoms with Gasteiger partial charge in [0.15, 0.2) is 5.16 Å². The minimum absolute atomic E-state index is 0.0462. The van der Waals surface area contributed by atoms with Gasteiger partial charge in [0, 0.05) is 16.6 Å². The second kappa shape index (κ2) is 9.01. The van der Waals surface area contributed by atoms with E-state index < -0.39 is 0 Å². The maximum atomic E-state index is 13.0. The highest BCUT2D eigenvalue weighted by Crippen LogP contribution is 2.26. The van der Waals surface area contributed by atoms with Crippen molar-refractivity contribution >= 4 is 38.6 Å². The molecule has 0 aliphatic heterocycles. The molecule has 2 aromatic carbocycles. The molecule has 4 rings (SSSR count). The number of rotatable bonds is 7. The molecule has 0 bridgehead atoms. The molecule has 0 saturated carbocycles. The Morgan fingerprint density at radius 2 is 1.97 bits per heavy atom. The molecule has 0 aliphatic rings. The summed E-state index contributed by atoms with van der Waals surface area (Å²) < 4.78 is 13.5. The lowest BCUT2D eigenvalue weighted by Crippen LogP contribution is -2.23. The summed E-state index contributed by atoms with van der Waals surface area (Å²) in [5.41, 5.74) is 1.44. The van der Waals surface area contributed by atoms with Gasteiger partial charge < -0.3 is 9.15 Å². The van der Waals surface area contributed by atoms with Crippen LogP contribution in [0.3, 0.4) is 0 Å². The second-order valence-electron chi connectivity index (χ2n) is 6.53. The van der Waals surface area contributed by atoms with E-state index in [1.807, 2.05) is 49.4 Å². The standard InChI is InChI=1S/C21H19BrN4O3S/c1-3-10-26-20(27)16-11-14(22)6-9-17(16)23-21(26)30-12-18-24-25-19(29-18)13-4-7-15(28-2)8-5-13/h4-9,11H,3,10,12H2,1-2H3. The van der Waals surface area contributed by atoms with Crippen molar-refractivity contribution in [2.45, 2.75) is 30.8 Å². The van der Waals surface area contributed by atoms with Crippen molar-refractivity contribution < 1.29 is 9.15 Å². The topological polar surface area (TPSA) is 83.0 Å². The summed E-state index contributed by atoms with van der Waals surface area (Å²) in [6.45, 7) is 2.63. The quantitative estimate of drug-likeness (QED) is 0.270. The fourth-order valence-corrected chi connectivity index (χ4v) is 4.22. The van der Waals surface area contributed by atoms with Gasteiger partial charge >= 0.3 is 0 Å². The molecule has 0 unspecified atom stereocenters. The molecule has 0 fully saturated rings. The fraction of sp³-hybridized carbons (Fsp3) is 0.238. The van der Waals surface area contributed by atoms with E-state index in [1.165, 1.54) is 11.8 Å². The Morgan fingerprint density at radius 1 is 1.17 bits per heavy atom. The zero-order valence-corrected chi connectivity index (χ0v) is 18.9. The Bertz CT molecular complexity index is 1240. The number of nitrogens with zero attached hydrogens (tertiary/aromatic N) is 4. The van der Waals surface area contributed by atoms with Gasteiger partial charge in [-0.2, -0.15) is 0 Å². The van der Waals surface area contributed by atoms with Gasteiger partial charge in [-0.05, 0) is 48.9 Å². The third-order valence-electron chi connectivity index (χ3n) is 4.46. The zero-order valence-electron chi connectivity index (χ0n) is 16.5. The lowest BCUT2D eigenvalue weighted by atomic mass is 10.2. The third kappa shape index (κ3) is 4.27. The Kier molecular flexibility index (Phi) is 6.19. The number of hydrogen-bond acceptors (Lipinski definition) is 7. The van der Waals surface area contributed by atoms with Crippen LogP contribution in [-0.2, 0) is 12.3 Å². The van der Waals surface area contributed by atoms with Crippen LogP contribution in [0.2, 0.25) is 0 Å². The molecule has 154 valence electrons. The second-order valence-corrected chi connectivity index (χ2v) is 8.39. The van der Waals surface area contributed by atoms with Gasteiger partial charge in [-0.3, -0.25) is 9.36 Å². The van der Waals surface area contributed by atoms with Crippen molar-refractivity contribution in [3.05, 3.63) is 63.2 Å². The molecule has 0 atom stereocenters. The van der Waals surface area contributed by atoms with Gasteiger partial charge in [-0.1, -0.05) is 34.6 Å². The number of fused-ring (bicyclic) bond motifs is 1. The van der Waals surface area contributed by atoms with Crippen LogP contribution in [0.25, 0.3) is 22.4 Å². The van der Waals surface area contributed by atoms with Crippen molar-refractivity contribution in [2.24, 2.45) is 0 Å². The van der Waals surface area contributed by atoms with E-state index in [0.717, 1.165) is 22.2 Å². The normalized spacial score (nSPS) is 11.2. The molecule has 0 N–H and O–H groups in total. The van der Waals surface area contributed by atoms with Gasteiger partial charge in [0.05, 0.1) is 23.8 Å². The van der Waals surface area contributed by atoms with Crippen LogP contribution in [-0.4, -0.2) is 26.9 Å². The number of methoxy groups -OCH3 is 1. The van der Waals surface area contributed by atoms with Crippen LogP contribution in [0.1, 0.15) is 19.2 Å². The predicted molar refractivity (Wildman–Crippen MR) is 120 cm³/mol. The van der Waals surface area contributed by atoms with Crippen molar-refractivity contribution in [2.75, 3.05) is 7.11 Å². The van der Waals surface area contributed by atoms with E-state index in [4.69, 9.17) is 14.1 Å². The van der Waals surface area contributed by atoms with E-state index in [-0.39, 0.29) is 5.56 Å². The maximum absolute atomic E-state index is 13.0. The average molecular weight is 487 g/mol. The number of hydrogen-bond donors (Lipinski definition) is 0. The Balaban J connectivity index is 1.59. The molecular weight excluding hydrogens is 468 g/mol. The minimum Gasteiger partial charge on any atom is -0.497 e. The highest BCUT2D eigenvalue weighted by atomic mass is 79.9.